The van der Waals surface area contributed by atoms with Crippen molar-refractivity contribution >= 4 is 24.3 Å². The Morgan fingerprint density at radius 1 is 0.891 bits per heavy atom. The van der Waals surface area contributed by atoms with E-state index in [9.17, 15) is 9.59 Å². The smallest absolute Gasteiger partial charge is 0.221 e. The molecule has 3 aromatic carbocycles. The van der Waals surface area contributed by atoms with Gasteiger partial charge in [0.25, 0.3) is 0 Å². The molecule has 1 amide bonds. The maximum Gasteiger partial charge on any atom is 0.221 e. The van der Waals surface area contributed by atoms with E-state index in [-0.39, 0.29) is 11.9 Å². The molecule has 2 aliphatic heterocycles. The highest BCUT2D eigenvalue weighted by atomic mass is 16.5. The summed E-state index contributed by atoms with van der Waals surface area (Å²) in [5.41, 5.74) is 11.2. The number of fused-ring (bicyclic) bond motifs is 1. The Hall–Kier alpha value is -4.82. The molecule has 1 fully saturated rings. The number of nitrogens with one attached hydrogen (secondary N) is 1. The van der Waals surface area contributed by atoms with E-state index in [1.54, 1.807) is 14.2 Å². The standard InChI is InChI=1S/C38H40N4O4/c1-23-18-28(22-43)35(45-4)19-27(23)13-12-26-8-6-9-30(24(26)2)31-10-7-11-32(25(31)3)37-40-34-16-17-42(20-29-14-15-36(44)39-29)21-33(34)38(41-37)46-5/h6-13,18-19,22,29H,14-17,20-21H2,1-5H3,(H,39,44)/b13-12+/t29-/m1/s1. The number of carbonyl (C=O) groups is 2. The first-order valence-electron chi connectivity index (χ1n) is 15.8. The SMILES string of the molecule is COc1cc(/C=C/c2cccc(-c3cccc(-c4nc5c(c(OC)n4)CN(C[C@H]4CCC(=O)N4)CC5)c3C)c2C)c(C)cc1C=O. The number of amides is 1. The summed E-state index contributed by atoms with van der Waals surface area (Å²) < 4.78 is 11.2. The van der Waals surface area contributed by atoms with Crippen LogP contribution in [0.2, 0.25) is 0 Å². The first-order chi connectivity index (χ1) is 22.3. The molecule has 3 heterocycles. The minimum Gasteiger partial charge on any atom is -0.496 e. The molecule has 1 saturated heterocycles. The predicted octanol–water partition coefficient (Wildman–Crippen LogP) is 6.37. The number of hydrogen-bond donors (Lipinski definition) is 1. The van der Waals surface area contributed by atoms with E-state index in [1.807, 2.05) is 19.1 Å². The first kappa shape index (κ1) is 31.2. The molecule has 0 saturated carbocycles. The van der Waals surface area contributed by atoms with Crippen molar-refractivity contribution in [2.45, 2.75) is 52.6 Å². The zero-order chi connectivity index (χ0) is 32.4. The van der Waals surface area contributed by atoms with Crippen molar-refractivity contribution in [3.05, 3.63) is 93.2 Å². The number of rotatable bonds is 9. The largest absolute Gasteiger partial charge is 0.496 e. The van der Waals surface area contributed by atoms with Gasteiger partial charge in [-0.3, -0.25) is 14.5 Å². The van der Waals surface area contributed by atoms with Crippen LogP contribution in [0.15, 0.2) is 48.5 Å². The molecule has 46 heavy (non-hydrogen) atoms. The highest BCUT2D eigenvalue weighted by Gasteiger charge is 2.28. The van der Waals surface area contributed by atoms with Crippen molar-refractivity contribution in [2.24, 2.45) is 0 Å². The summed E-state index contributed by atoms with van der Waals surface area (Å²) in [7, 11) is 3.25. The van der Waals surface area contributed by atoms with Crippen molar-refractivity contribution < 1.29 is 19.1 Å². The predicted molar refractivity (Wildman–Crippen MR) is 181 cm³/mol. The molecule has 8 heteroatoms. The van der Waals surface area contributed by atoms with Crippen LogP contribution in [0.25, 0.3) is 34.7 Å². The Labute approximate surface area is 270 Å². The summed E-state index contributed by atoms with van der Waals surface area (Å²) in [4.78, 5) is 35.5. The van der Waals surface area contributed by atoms with Crippen molar-refractivity contribution in [1.29, 1.82) is 0 Å². The number of carbonyl (C=O) groups excluding carboxylic acids is 2. The molecule has 6 rings (SSSR count). The minimum atomic E-state index is 0.141. The van der Waals surface area contributed by atoms with E-state index in [0.29, 0.717) is 36.0 Å². The molecule has 0 aliphatic carbocycles. The van der Waals surface area contributed by atoms with Crippen molar-refractivity contribution in [3.63, 3.8) is 0 Å². The van der Waals surface area contributed by atoms with E-state index >= 15 is 0 Å². The lowest BCUT2D eigenvalue weighted by molar-refractivity contribution is -0.119. The molecule has 8 nitrogen and oxygen atoms in total. The molecule has 0 radical (unpaired) electrons. The van der Waals surface area contributed by atoms with Gasteiger partial charge in [-0.05, 0) is 78.3 Å². The Bertz CT molecular complexity index is 1830. The van der Waals surface area contributed by atoms with Crippen LogP contribution in [0.4, 0.5) is 0 Å². The molecule has 0 unspecified atom stereocenters. The van der Waals surface area contributed by atoms with E-state index in [4.69, 9.17) is 19.4 Å². The number of aryl methyl sites for hydroxylation is 1. The number of ether oxygens (including phenoxy) is 2. The number of hydrogen-bond acceptors (Lipinski definition) is 7. The number of nitrogens with zero attached hydrogens (tertiary/aromatic N) is 3. The minimum absolute atomic E-state index is 0.141. The van der Waals surface area contributed by atoms with Gasteiger partial charge in [-0.25, -0.2) is 4.98 Å². The van der Waals surface area contributed by atoms with Crippen LogP contribution in [-0.2, 0) is 17.8 Å². The van der Waals surface area contributed by atoms with Crippen molar-refractivity contribution in [3.8, 4) is 34.1 Å². The van der Waals surface area contributed by atoms with Crippen LogP contribution in [-0.4, -0.2) is 60.4 Å². The lowest BCUT2D eigenvalue weighted by atomic mass is 9.91. The van der Waals surface area contributed by atoms with Gasteiger partial charge in [0, 0.05) is 49.6 Å². The molecule has 236 valence electrons. The average molecular weight is 617 g/mol. The zero-order valence-electron chi connectivity index (χ0n) is 27.1. The number of aldehydes is 1. The Balaban J connectivity index is 1.29. The quantitative estimate of drug-likeness (QED) is 0.173. The highest BCUT2D eigenvalue weighted by molar-refractivity contribution is 5.84. The molecule has 1 aromatic heterocycles. The second-order valence-electron chi connectivity index (χ2n) is 12.2. The fourth-order valence-corrected chi connectivity index (χ4v) is 6.66. The number of aromatic nitrogens is 2. The molecule has 1 atom stereocenters. The summed E-state index contributed by atoms with van der Waals surface area (Å²) >= 11 is 0. The van der Waals surface area contributed by atoms with Crippen LogP contribution in [0.3, 0.4) is 0 Å². The normalized spacial score (nSPS) is 16.4. The molecular weight excluding hydrogens is 576 g/mol. The van der Waals surface area contributed by atoms with Gasteiger partial charge in [0.15, 0.2) is 12.1 Å². The molecule has 0 bridgehead atoms. The molecule has 1 N–H and O–H groups in total. The Morgan fingerprint density at radius 3 is 2.35 bits per heavy atom. The van der Waals surface area contributed by atoms with Crippen LogP contribution < -0.4 is 14.8 Å². The molecule has 2 aliphatic rings. The van der Waals surface area contributed by atoms with Gasteiger partial charge in [0.1, 0.15) is 5.75 Å². The number of benzene rings is 3. The highest BCUT2D eigenvalue weighted by Crippen LogP contribution is 2.36. The van der Waals surface area contributed by atoms with Gasteiger partial charge in [-0.2, -0.15) is 4.98 Å². The van der Waals surface area contributed by atoms with E-state index in [1.165, 1.54) is 0 Å². The number of methoxy groups -OCH3 is 2. The van der Waals surface area contributed by atoms with Crippen LogP contribution in [0.1, 0.15) is 62.3 Å². The topological polar surface area (TPSA) is 93.7 Å². The summed E-state index contributed by atoms with van der Waals surface area (Å²) in [6.07, 6.45) is 7.30. The van der Waals surface area contributed by atoms with Crippen LogP contribution >= 0.6 is 0 Å². The third-order valence-electron chi connectivity index (χ3n) is 9.29. The zero-order valence-corrected chi connectivity index (χ0v) is 27.1. The second-order valence-corrected chi connectivity index (χ2v) is 12.2. The van der Waals surface area contributed by atoms with Gasteiger partial charge < -0.3 is 14.8 Å². The fourth-order valence-electron chi connectivity index (χ4n) is 6.66. The third kappa shape index (κ3) is 6.17. The lowest BCUT2D eigenvalue weighted by Gasteiger charge is -2.31. The first-order valence-corrected chi connectivity index (χ1v) is 15.8. The van der Waals surface area contributed by atoms with Crippen LogP contribution in [0.5, 0.6) is 11.6 Å². The summed E-state index contributed by atoms with van der Waals surface area (Å²) in [6, 6.07) is 16.6. The van der Waals surface area contributed by atoms with Crippen molar-refractivity contribution in [1.82, 2.24) is 20.2 Å². The maximum absolute atomic E-state index is 11.7. The lowest BCUT2D eigenvalue weighted by Crippen LogP contribution is -2.41. The second kappa shape index (κ2) is 13.3. The molecule has 4 aromatic rings. The summed E-state index contributed by atoms with van der Waals surface area (Å²) in [5.74, 6) is 1.99. The Kier molecular flexibility index (Phi) is 8.99. The van der Waals surface area contributed by atoms with Gasteiger partial charge in [0.2, 0.25) is 11.8 Å². The van der Waals surface area contributed by atoms with Crippen molar-refractivity contribution in [2.75, 3.05) is 27.3 Å². The molecule has 0 spiro atoms. The monoisotopic (exact) mass is 616 g/mol. The Morgan fingerprint density at radius 2 is 1.63 bits per heavy atom. The van der Waals surface area contributed by atoms with E-state index in [2.05, 4.69) is 72.6 Å². The van der Waals surface area contributed by atoms with Gasteiger partial charge in [-0.1, -0.05) is 48.6 Å². The van der Waals surface area contributed by atoms with Crippen LogP contribution in [0, 0.1) is 20.8 Å². The fraction of sp³-hybridized carbons (Fsp3) is 0.316. The third-order valence-corrected chi connectivity index (χ3v) is 9.29. The maximum atomic E-state index is 11.7. The summed E-state index contributed by atoms with van der Waals surface area (Å²) in [6.45, 7) is 8.68. The van der Waals surface area contributed by atoms with E-state index < -0.39 is 0 Å². The van der Waals surface area contributed by atoms with Gasteiger partial charge in [-0.15, -0.1) is 0 Å². The van der Waals surface area contributed by atoms with E-state index in [0.717, 1.165) is 88.0 Å². The van der Waals surface area contributed by atoms with Gasteiger partial charge in [0.05, 0.1) is 25.5 Å². The molecular formula is C38H40N4O4. The summed E-state index contributed by atoms with van der Waals surface area (Å²) in [5, 5.41) is 3.08. The average Bonchev–Trinajstić information content (AvgIpc) is 3.48. The van der Waals surface area contributed by atoms with Gasteiger partial charge >= 0.3 is 0 Å².